The number of amides is 3. The SMILES string of the molecule is C=C/C=C\C(=C/C)C[C@H]1CCN(CCCNC(=O)NC(/C=C\C)=C/C=C)C(C(C)OC(=O)N/C(C=C)=C/C=C\C)C1.CC.CC.CC. The normalized spacial score (nSPS) is 17.6. The summed E-state index contributed by atoms with van der Waals surface area (Å²) in [6.45, 7) is 33.2. The molecule has 3 N–H and O–H groups in total. The van der Waals surface area contributed by atoms with Gasteiger partial charge < -0.3 is 15.4 Å². The standard InChI is InChI=1S/C34H50N4O3.3C2H6/c1-8-14-19-28(12-5)25-29-21-24-38(23-16-22-35-33(39)36-31(17-10-3)18-11-4)32(26-29)27(7)41-34(40)37-30(13-6)20-15-9-2;3*1-2/h8-15,17-20,27,29,32H,1,3,6,16,21-26H2,2,4-5,7H3,(H,37,40)(H2,35,36,39);3*1-2H3/b15-9-,18-11-,19-14-,28-12+,30-20+,31-17+;;;/t27?,29-,32?;;;/m1.../s1. The van der Waals surface area contributed by atoms with E-state index in [0.717, 1.165) is 38.8 Å². The quantitative estimate of drug-likeness (QED) is 0.114. The van der Waals surface area contributed by atoms with Crippen LogP contribution < -0.4 is 16.0 Å². The van der Waals surface area contributed by atoms with Crippen LogP contribution in [0.5, 0.6) is 0 Å². The highest BCUT2D eigenvalue weighted by molar-refractivity contribution is 5.76. The highest BCUT2D eigenvalue weighted by Crippen LogP contribution is 2.31. The molecule has 1 aliphatic rings. The van der Waals surface area contributed by atoms with E-state index in [1.54, 1.807) is 30.4 Å². The van der Waals surface area contributed by atoms with Gasteiger partial charge in [0.1, 0.15) is 6.10 Å². The third-order valence-corrected chi connectivity index (χ3v) is 6.79. The Kier molecular flexibility index (Phi) is 33.9. The van der Waals surface area contributed by atoms with E-state index in [4.69, 9.17) is 4.74 Å². The summed E-state index contributed by atoms with van der Waals surface area (Å²) in [6.07, 6.45) is 25.0. The number of ether oxygens (including phenoxy) is 1. The zero-order chi connectivity index (χ0) is 36.5. The van der Waals surface area contributed by atoms with Crippen LogP contribution in [-0.2, 0) is 4.74 Å². The summed E-state index contributed by atoms with van der Waals surface area (Å²) < 4.78 is 5.86. The number of allylic oxidation sites excluding steroid dienone is 13. The monoisotopic (exact) mass is 653 g/mol. The summed E-state index contributed by atoms with van der Waals surface area (Å²) in [6, 6.07) is -0.200. The van der Waals surface area contributed by atoms with Gasteiger partial charge in [0.15, 0.2) is 0 Å². The highest BCUT2D eigenvalue weighted by Gasteiger charge is 2.34. The number of alkyl carbamates (subject to hydrolysis) is 1. The molecular weight excluding hydrogens is 584 g/mol. The van der Waals surface area contributed by atoms with Crippen molar-refractivity contribution in [2.45, 2.75) is 107 Å². The van der Waals surface area contributed by atoms with E-state index in [1.807, 2.05) is 92.7 Å². The minimum absolute atomic E-state index is 0.0540. The van der Waals surface area contributed by atoms with Crippen LogP contribution in [0.1, 0.15) is 94.9 Å². The largest absolute Gasteiger partial charge is 0.445 e. The van der Waals surface area contributed by atoms with Crippen LogP contribution in [0.2, 0.25) is 0 Å². The number of likely N-dealkylation sites (tertiary alicyclic amines) is 1. The molecule has 0 radical (unpaired) electrons. The Balaban J connectivity index is -0.00000304. The van der Waals surface area contributed by atoms with Crippen molar-refractivity contribution in [3.8, 4) is 0 Å². The topological polar surface area (TPSA) is 82.7 Å². The van der Waals surface area contributed by atoms with Crippen LogP contribution in [0, 0.1) is 5.92 Å². The fourth-order valence-corrected chi connectivity index (χ4v) is 4.74. The van der Waals surface area contributed by atoms with Gasteiger partial charge >= 0.3 is 12.1 Å². The zero-order valence-electron chi connectivity index (χ0n) is 31.4. The molecule has 1 fully saturated rings. The van der Waals surface area contributed by atoms with E-state index < -0.39 is 6.09 Å². The molecule has 47 heavy (non-hydrogen) atoms. The van der Waals surface area contributed by atoms with Gasteiger partial charge in [0.25, 0.3) is 0 Å². The summed E-state index contributed by atoms with van der Waals surface area (Å²) in [5, 5.41) is 8.53. The van der Waals surface area contributed by atoms with Crippen molar-refractivity contribution in [3.63, 3.8) is 0 Å². The average molecular weight is 653 g/mol. The fraction of sp³-hybridized carbons (Fsp3) is 0.500. The molecule has 1 heterocycles. The Morgan fingerprint density at radius 3 is 2.13 bits per heavy atom. The second kappa shape index (κ2) is 33.5. The van der Waals surface area contributed by atoms with E-state index in [-0.39, 0.29) is 18.2 Å². The van der Waals surface area contributed by atoms with Gasteiger partial charge in [-0.25, -0.2) is 9.59 Å². The van der Waals surface area contributed by atoms with Crippen molar-refractivity contribution in [2.24, 2.45) is 5.92 Å². The Morgan fingerprint density at radius 1 is 0.894 bits per heavy atom. The maximum Gasteiger partial charge on any atom is 0.411 e. The number of piperidine rings is 1. The first-order valence-electron chi connectivity index (χ1n) is 17.4. The molecule has 0 aromatic carbocycles. The molecule has 3 atom stereocenters. The van der Waals surface area contributed by atoms with Crippen molar-refractivity contribution in [1.82, 2.24) is 20.9 Å². The minimum atomic E-state index is -0.499. The lowest BCUT2D eigenvalue weighted by Gasteiger charge is -2.42. The van der Waals surface area contributed by atoms with Gasteiger partial charge in [0.05, 0.1) is 0 Å². The van der Waals surface area contributed by atoms with Crippen LogP contribution in [0.3, 0.4) is 0 Å². The maximum atomic E-state index is 12.7. The molecule has 1 rings (SSSR count). The number of nitrogens with one attached hydrogen (secondary N) is 3. The molecule has 7 nitrogen and oxygen atoms in total. The molecule has 0 bridgehead atoms. The van der Waals surface area contributed by atoms with E-state index >= 15 is 0 Å². The van der Waals surface area contributed by atoms with Gasteiger partial charge in [-0.1, -0.05) is 115 Å². The van der Waals surface area contributed by atoms with Crippen molar-refractivity contribution >= 4 is 12.1 Å². The molecule has 2 unspecified atom stereocenters. The zero-order valence-corrected chi connectivity index (χ0v) is 31.4. The van der Waals surface area contributed by atoms with Gasteiger partial charge in [0, 0.05) is 30.5 Å². The summed E-state index contributed by atoms with van der Waals surface area (Å²) in [5.74, 6) is 0.468. The lowest BCUT2D eigenvalue weighted by Crippen LogP contribution is -2.50. The summed E-state index contributed by atoms with van der Waals surface area (Å²) >= 11 is 0. The van der Waals surface area contributed by atoms with Crippen molar-refractivity contribution in [2.75, 3.05) is 19.6 Å². The van der Waals surface area contributed by atoms with Crippen LogP contribution >= 0.6 is 0 Å². The third kappa shape index (κ3) is 23.2. The Bertz CT molecular complexity index is 1050. The lowest BCUT2D eigenvalue weighted by molar-refractivity contribution is 0.00537. The van der Waals surface area contributed by atoms with Crippen molar-refractivity contribution in [1.29, 1.82) is 0 Å². The van der Waals surface area contributed by atoms with Gasteiger partial charge in [-0.2, -0.15) is 0 Å². The Labute approximate surface area is 289 Å². The van der Waals surface area contributed by atoms with E-state index in [2.05, 4.69) is 59.7 Å². The van der Waals surface area contributed by atoms with Crippen LogP contribution in [-0.4, -0.2) is 48.8 Å². The molecule has 1 saturated heterocycles. The molecular formula is C40H68N4O3. The summed E-state index contributed by atoms with van der Waals surface area (Å²) in [7, 11) is 0. The van der Waals surface area contributed by atoms with Gasteiger partial charge in [-0.3, -0.25) is 10.2 Å². The predicted octanol–water partition coefficient (Wildman–Crippen LogP) is 10.3. The highest BCUT2D eigenvalue weighted by atomic mass is 16.6. The van der Waals surface area contributed by atoms with E-state index in [9.17, 15) is 9.59 Å². The molecule has 1 aliphatic heterocycles. The van der Waals surface area contributed by atoms with Gasteiger partial charge in [-0.15, -0.1) is 0 Å². The molecule has 0 aliphatic carbocycles. The van der Waals surface area contributed by atoms with Crippen LogP contribution in [0.25, 0.3) is 0 Å². The number of nitrogens with zero attached hydrogens (tertiary/aromatic N) is 1. The smallest absolute Gasteiger partial charge is 0.411 e. The minimum Gasteiger partial charge on any atom is -0.445 e. The molecule has 0 spiro atoms. The number of carbonyl (C=O) groups is 2. The molecule has 266 valence electrons. The number of carbonyl (C=O) groups excluding carboxylic acids is 2. The first-order chi connectivity index (χ1) is 22.8. The summed E-state index contributed by atoms with van der Waals surface area (Å²) in [4.78, 5) is 27.4. The Hall–Kier alpha value is -3.84. The first kappa shape index (κ1) is 47.6. The fourth-order valence-electron chi connectivity index (χ4n) is 4.74. The molecule has 3 amide bonds. The van der Waals surface area contributed by atoms with E-state index in [1.165, 1.54) is 5.57 Å². The first-order valence-corrected chi connectivity index (χ1v) is 17.4. The second-order valence-electron chi connectivity index (χ2n) is 9.84. The number of rotatable bonds is 16. The molecule has 0 aromatic rings. The number of urea groups is 1. The van der Waals surface area contributed by atoms with Gasteiger partial charge in [0.2, 0.25) is 0 Å². The summed E-state index contributed by atoms with van der Waals surface area (Å²) in [5.41, 5.74) is 2.53. The average Bonchev–Trinajstić information content (AvgIpc) is 3.10. The second-order valence-corrected chi connectivity index (χ2v) is 9.84. The molecule has 0 aromatic heterocycles. The number of hydrogen-bond acceptors (Lipinski definition) is 4. The van der Waals surface area contributed by atoms with Crippen LogP contribution in [0.4, 0.5) is 9.59 Å². The molecule has 0 saturated carbocycles. The third-order valence-electron chi connectivity index (χ3n) is 6.79. The predicted molar refractivity (Wildman–Crippen MR) is 206 cm³/mol. The number of hydrogen-bond donors (Lipinski definition) is 3. The van der Waals surface area contributed by atoms with Crippen molar-refractivity contribution < 1.29 is 14.3 Å². The van der Waals surface area contributed by atoms with Gasteiger partial charge in [-0.05, 0) is 90.1 Å². The molecule has 7 heteroatoms. The maximum absolute atomic E-state index is 12.7. The Morgan fingerprint density at radius 2 is 1.57 bits per heavy atom. The van der Waals surface area contributed by atoms with E-state index in [0.29, 0.717) is 23.9 Å². The lowest BCUT2D eigenvalue weighted by atomic mass is 9.84. The van der Waals surface area contributed by atoms with Crippen LogP contribution in [0.15, 0.2) is 110 Å². The van der Waals surface area contributed by atoms with Crippen molar-refractivity contribution in [3.05, 3.63) is 110 Å².